The van der Waals surface area contributed by atoms with Crippen LogP contribution in [-0.2, 0) is 130 Å². The van der Waals surface area contributed by atoms with Crippen molar-refractivity contribution in [2.75, 3.05) is 151 Å². The fourth-order valence-electron chi connectivity index (χ4n) is 14.2. The highest BCUT2D eigenvalue weighted by atomic mass is 19.1. The predicted molar refractivity (Wildman–Crippen MR) is 424 cm³/mol. The Morgan fingerprint density at radius 3 is 2.10 bits per heavy atom. The summed E-state index contributed by atoms with van der Waals surface area (Å²) in [5.74, 6) is -4.99. The minimum Gasteiger partial charge on any atom is -0.458 e. The molecular formula is C81H116FN13O22. The Bertz CT molecular complexity index is 4220. The van der Waals surface area contributed by atoms with Crippen molar-refractivity contribution < 1.29 is 105 Å². The number of nitrogens with zero attached hydrogens (tertiary/aromatic N) is 5. The number of primary amides is 1. The van der Waals surface area contributed by atoms with Crippen molar-refractivity contribution in [3.8, 4) is 11.4 Å². The minimum absolute atomic E-state index is 0. The van der Waals surface area contributed by atoms with E-state index in [0.29, 0.717) is 149 Å². The van der Waals surface area contributed by atoms with Crippen LogP contribution in [0.1, 0.15) is 161 Å². The number of hydrogen-bond acceptors (Lipinski definition) is 26. The van der Waals surface area contributed by atoms with Gasteiger partial charge >= 0.3 is 18.1 Å². The van der Waals surface area contributed by atoms with E-state index in [9.17, 15) is 53.1 Å². The molecule has 2 aliphatic heterocycles. The summed E-state index contributed by atoms with van der Waals surface area (Å²) in [5.41, 5.74) is 9.18. The highest BCUT2D eigenvalue weighted by Gasteiger charge is 2.46. The summed E-state index contributed by atoms with van der Waals surface area (Å²) >= 11 is 0. The summed E-state index contributed by atoms with van der Waals surface area (Å²) < 4.78 is 80.2. The van der Waals surface area contributed by atoms with Gasteiger partial charge in [-0.3, -0.25) is 33.6 Å². The summed E-state index contributed by atoms with van der Waals surface area (Å²) in [6.45, 7) is 12.2. The fraction of sp³-hybridized carbons (Fsp3) is 0.617. The Labute approximate surface area is 679 Å². The van der Waals surface area contributed by atoms with E-state index >= 15 is 4.39 Å². The number of ketones is 2. The number of likely N-dealkylation sites (N-methyl/N-ethyl adjacent to an activating group) is 1. The van der Waals surface area contributed by atoms with Crippen LogP contribution in [0.3, 0.4) is 0 Å². The molecule has 2 aliphatic carbocycles. The Morgan fingerprint density at radius 1 is 0.744 bits per heavy atom. The predicted octanol–water partition coefficient (Wildman–Crippen LogP) is 4.58. The van der Waals surface area contributed by atoms with Crippen LogP contribution in [-0.4, -0.2) is 235 Å². The van der Waals surface area contributed by atoms with Gasteiger partial charge in [-0.25, -0.2) is 28.4 Å². The van der Waals surface area contributed by atoms with Gasteiger partial charge in [0.25, 0.3) is 5.56 Å². The summed E-state index contributed by atoms with van der Waals surface area (Å²) in [6.07, 6.45) is 4.17. The van der Waals surface area contributed by atoms with Crippen LogP contribution in [0.25, 0.3) is 22.3 Å². The molecule has 3 aromatic heterocycles. The molecule has 0 saturated heterocycles. The lowest BCUT2D eigenvalue weighted by Crippen LogP contribution is -2.45. The van der Waals surface area contributed by atoms with Gasteiger partial charge < -0.3 is 105 Å². The number of hydrogen-bond donors (Lipinski definition) is 9. The fourth-order valence-corrected chi connectivity index (χ4v) is 14.2. The van der Waals surface area contributed by atoms with Gasteiger partial charge in [0, 0.05) is 73.1 Å². The number of cyclic esters (lactones) is 1. The SMILES string of the molecule is C.CC[C@@]1(O)C(=O)OCc2c1cc1n(c2=O)Cc2c-1nc1cc(F)c(C)c3c1c2[C@@H](NC(=O)COCCC(=O)CNC(=O)OCc1ccc(NC(=O)[C@H](CCCNC(N)=O)CC(=O)[C@@H](NC(=O)CCOCCOCCOCCOCCNC(=O)COC2CCCCCc4c2nnn4CCOCCOCCOCCNC)C(C)C)cc1)CC3. The van der Waals surface area contributed by atoms with Crippen LogP contribution in [0.15, 0.2) is 41.2 Å². The molecule has 0 saturated carbocycles. The topological polar surface area (TPSA) is 451 Å². The number of aromatic nitrogens is 5. The van der Waals surface area contributed by atoms with Gasteiger partial charge in [0.05, 0.1) is 159 Å². The number of ether oxygens (including phenoxy) is 11. The number of benzene rings is 2. The van der Waals surface area contributed by atoms with Gasteiger partial charge in [-0.1, -0.05) is 58.4 Å². The van der Waals surface area contributed by atoms with Crippen LogP contribution >= 0.6 is 0 Å². The molecule has 5 heterocycles. The normalized spacial score (nSPS) is 16.4. The molecule has 0 bridgehead atoms. The second-order valence-corrected chi connectivity index (χ2v) is 29.1. The third kappa shape index (κ3) is 27.4. The largest absolute Gasteiger partial charge is 0.458 e. The van der Waals surface area contributed by atoms with Crippen LogP contribution in [0.2, 0.25) is 0 Å². The first-order valence-corrected chi connectivity index (χ1v) is 39.9. The Hall–Kier alpha value is -9.34. The zero-order valence-corrected chi connectivity index (χ0v) is 66.9. The number of urea groups is 1. The van der Waals surface area contributed by atoms with Gasteiger partial charge in [0.15, 0.2) is 17.2 Å². The first kappa shape index (κ1) is 93.2. The molecule has 2 aromatic carbocycles. The third-order valence-electron chi connectivity index (χ3n) is 20.5. The number of amides is 7. The Balaban J connectivity index is 0.0000171. The highest BCUT2D eigenvalue weighted by Crippen LogP contribution is 2.46. The number of aryl methyl sites for hydroxylation is 1. The maximum Gasteiger partial charge on any atom is 0.407 e. The van der Waals surface area contributed by atoms with Crippen LogP contribution in [0.5, 0.6) is 0 Å². The van der Waals surface area contributed by atoms with E-state index in [1.807, 2.05) is 11.7 Å². The zero-order chi connectivity index (χ0) is 82.9. The van der Waals surface area contributed by atoms with Gasteiger partial charge in [-0.15, -0.1) is 5.10 Å². The van der Waals surface area contributed by atoms with Gasteiger partial charge in [-0.2, -0.15) is 0 Å². The van der Waals surface area contributed by atoms with Crippen LogP contribution in [0, 0.1) is 24.6 Å². The average molecular weight is 1640 g/mol. The molecule has 117 heavy (non-hydrogen) atoms. The number of esters is 1. The van der Waals surface area contributed by atoms with E-state index in [0.717, 1.165) is 55.6 Å². The molecule has 1 unspecified atom stereocenters. The van der Waals surface area contributed by atoms with Gasteiger partial charge in [0.1, 0.15) is 44.0 Å². The number of aliphatic hydroxyl groups is 1. The molecule has 36 heteroatoms. The van der Waals surface area contributed by atoms with Crippen molar-refractivity contribution in [2.45, 2.75) is 169 Å². The van der Waals surface area contributed by atoms with Crippen molar-refractivity contribution in [1.29, 1.82) is 0 Å². The lowest BCUT2D eigenvalue weighted by Gasteiger charge is -2.31. The molecular weight excluding hydrogens is 1530 g/mol. The highest BCUT2D eigenvalue weighted by molar-refractivity contribution is 5.98. The van der Waals surface area contributed by atoms with Crippen LogP contribution < -0.4 is 48.5 Å². The number of anilines is 1. The molecule has 4 aliphatic rings. The summed E-state index contributed by atoms with van der Waals surface area (Å²) in [6, 6.07) is 6.99. The third-order valence-corrected chi connectivity index (χ3v) is 20.5. The molecule has 7 amide bonds. The number of fused-ring (bicyclic) bond motifs is 6. The number of nitrogens with one attached hydrogen (secondary N) is 7. The molecule has 5 aromatic rings. The maximum absolute atomic E-state index is 15.4. The van der Waals surface area contributed by atoms with E-state index in [1.54, 1.807) is 58.0 Å². The molecule has 5 atom stereocenters. The molecule has 9 rings (SSSR count). The number of carbonyl (C=O) groups excluding carboxylic acids is 9. The molecule has 0 fully saturated rings. The monoisotopic (exact) mass is 1640 g/mol. The van der Waals surface area contributed by atoms with Crippen molar-refractivity contribution >= 4 is 69.9 Å². The lowest BCUT2D eigenvalue weighted by atomic mass is 9.81. The molecule has 0 spiro atoms. The van der Waals surface area contributed by atoms with Crippen molar-refractivity contribution in [1.82, 2.24) is 56.4 Å². The van der Waals surface area contributed by atoms with E-state index in [1.165, 1.54) is 10.6 Å². The average Bonchev–Trinajstić information content (AvgIpc) is 1.53. The number of alkyl carbamates (subject to hydrolysis) is 1. The number of halogens is 1. The second kappa shape index (κ2) is 47.9. The van der Waals surface area contributed by atoms with Gasteiger partial charge in [-0.05, 0) is 112 Å². The molecule has 0 radical (unpaired) electrons. The quantitative estimate of drug-likeness (QED) is 0.0186. The first-order chi connectivity index (χ1) is 56.1. The smallest absolute Gasteiger partial charge is 0.407 e. The number of rotatable bonds is 52. The van der Waals surface area contributed by atoms with Crippen molar-refractivity contribution in [2.24, 2.45) is 17.6 Å². The first-order valence-electron chi connectivity index (χ1n) is 39.9. The standard InChI is InChI=1S/C80H112FN13O22.CH4/c1-6-80(105)59-42-64-73-57(45-93(64)76(101)58(59)47-115-77(80)102)71-61(19-18-56-51(4)60(81)43-62(89-73)70(56)71)88-69(99)48-113-26-20-55(95)44-86-79(104)116-46-52-14-16-54(17-15-52)87-75(100)53(11-10-22-85-78(82)103)41-65(96)72(50(2)3)90-67(97)21-27-106-31-35-110-39-40-112-37-33-108-29-24-84-68(98)49-114-66-13-9-7-8-12-63-74(66)91-92-94(63)25-30-109-34-38-111-36-32-107-28-23-83-5;/h14-17,42-43,50,53,61,66,72,83,105H,6-13,18-41,44-49H2,1-5H3,(H,84,98)(H,86,104)(H,87,100)(H,88,99)(H,90,97)(H3,82,85,103);1H4/t53-,61+,66?,72+,80+;/m1./s1. The number of pyridine rings is 2. The molecule has 10 N–H and O–H groups in total. The number of Topliss-reactive ketones (excluding diaryl/α,β-unsaturated/α-hetero) is 2. The second-order valence-electron chi connectivity index (χ2n) is 29.1. The van der Waals surface area contributed by atoms with E-state index in [-0.39, 0.29) is 140 Å². The van der Waals surface area contributed by atoms with Crippen LogP contribution in [0.4, 0.5) is 19.7 Å². The maximum atomic E-state index is 15.4. The summed E-state index contributed by atoms with van der Waals surface area (Å²) in [4.78, 5) is 136. The van der Waals surface area contributed by atoms with E-state index in [4.69, 9.17) is 62.8 Å². The zero-order valence-electron chi connectivity index (χ0n) is 66.9. The number of carbonyl (C=O) groups is 9. The summed E-state index contributed by atoms with van der Waals surface area (Å²) in [7, 11) is 1.88. The molecule has 35 nitrogen and oxygen atoms in total. The Morgan fingerprint density at radius 2 is 1.42 bits per heavy atom. The molecule has 644 valence electrons. The van der Waals surface area contributed by atoms with E-state index < -0.39 is 89.7 Å². The van der Waals surface area contributed by atoms with Gasteiger partial charge in [0.2, 0.25) is 23.6 Å². The minimum atomic E-state index is -2.05. The summed E-state index contributed by atoms with van der Waals surface area (Å²) in [5, 5.41) is 40.3. The Kier molecular flexibility index (Phi) is 38.1. The van der Waals surface area contributed by atoms with E-state index in [2.05, 4.69) is 47.5 Å². The van der Waals surface area contributed by atoms with Crippen molar-refractivity contribution in [3.05, 3.63) is 103 Å². The lowest BCUT2D eigenvalue weighted by molar-refractivity contribution is -0.172. The number of nitrogens with two attached hydrogens (primary N) is 1. The van der Waals surface area contributed by atoms with Crippen molar-refractivity contribution in [3.63, 3.8) is 0 Å².